The van der Waals surface area contributed by atoms with Crippen molar-refractivity contribution >= 4 is 0 Å². The Kier molecular flexibility index (Phi) is 11.9. The van der Waals surface area contributed by atoms with Crippen LogP contribution in [0.15, 0.2) is 0 Å². The van der Waals surface area contributed by atoms with E-state index >= 15 is 0 Å². The second-order valence-electron chi connectivity index (χ2n) is 4.40. The normalized spacial score (nSPS) is 14.0. The fourth-order valence-electron chi connectivity index (χ4n) is 1.84. The van der Waals surface area contributed by atoms with Crippen LogP contribution in [0.4, 0.5) is 0 Å². The van der Waals surface area contributed by atoms with Crippen molar-refractivity contribution in [1.29, 1.82) is 5.26 Å². The van der Waals surface area contributed by atoms with Gasteiger partial charge in [-0.15, -0.1) is 0 Å². The van der Waals surface area contributed by atoms with E-state index in [4.69, 9.17) is 14.2 Å². The predicted molar refractivity (Wildman–Crippen MR) is 75.1 cm³/mol. The molecule has 0 heterocycles. The van der Waals surface area contributed by atoms with Crippen molar-refractivity contribution in [2.45, 2.75) is 38.6 Å². The second-order valence-corrected chi connectivity index (χ2v) is 4.40. The monoisotopic (exact) mass is 272 g/mol. The maximum absolute atomic E-state index is 9.25. The summed E-state index contributed by atoms with van der Waals surface area (Å²) in [4.78, 5) is 0. The molecular weight excluding hydrogens is 244 g/mol. The number of hydrogen-bond acceptors (Lipinski definition) is 5. The van der Waals surface area contributed by atoms with Gasteiger partial charge in [-0.3, -0.25) is 5.32 Å². The highest BCUT2D eigenvalue weighted by Crippen LogP contribution is 2.16. The lowest BCUT2D eigenvalue weighted by Crippen LogP contribution is -2.43. The first-order chi connectivity index (χ1) is 9.24. The molecule has 19 heavy (non-hydrogen) atoms. The lowest BCUT2D eigenvalue weighted by Gasteiger charge is -2.25. The van der Waals surface area contributed by atoms with Crippen LogP contribution in [0.2, 0.25) is 0 Å². The van der Waals surface area contributed by atoms with Crippen LogP contribution in [0.5, 0.6) is 0 Å². The lowest BCUT2D eigenvalue weighted by molar-refractivity contribution is 0.0232. The zero-order valence-corrected chi connectivity index (χ0v) is 12.5. The van der Waals surface area contributed by atoms with Crippen LogP contribution in [0.3, 0.4) is 0 Å². The van der Waals surface area contributed by atoms with Crippen molar-refractivity contribution < 1.29 is 14.2 Å². The molecule has 0 aromatic rings. The minimum absolute atomic E-state index is 0.396. The predicted octanol–water partition coefficient (Wildman–Crippen LogP) is 1.73. The summed E-state index contributed by atoms with van der Waals surface area (Å²) in [6.45, 7) is 7.95. The highest BCUT2D eigenvalue weighted by Gasteiger charge is 2.25. The van der Waals surface area contributed by atoms with Gasteiger partial charge < -0.3 is 14.2 Å². The number of nitriles is 1. The van der Waals surface area contributed by atoms with Crippen molar-refractivity contribution in [3.63, 3.8) is 0 Å². The van der Waals surface area contributed by atoms with E-state index < -0.39 is 5.54 Å². The van der Waals surface area contributed by atoms with Crippen molar-refractivity contribution in [3.8, 4) is 6.07 Å². The van der Waals surface area contributed by atoms with Crippen LogP contribution in [-0.4, -0.2) is 52.2 Å². The quantitative estimate of drug-likeness (QED) is 0.517. The molecule has 0 spiro atoms. The third-order valence-corrected chi connectivity index (χ3v) is 3.03. The van der Waals surface area contributed by atoms with E-state index in [1.54, 1.807) is 7.11 Å². The molecule has 0 rings (SSSR count). The average molecular weight is 272 g/mol. The summed E-state index contributed by atoms with van der Waals surface area (Å²) in [5.74, 6) is 0. The Hall–Kier alpha value is -0.670. The van der Waals surface area contributed by atoms with Gasteiger partial charge in [0.2, 0.25) is 0 Å². The summed E-state index contributed by atoms with van der Waals surface area (Å²) >= 11 is 0. The Morgan fingerprint density at radius 2 is 1.68 bits per heavy atom. The van der Waals surface area contributed by atoms with Crippen LogP contribution in [0.25, 0.3) is 0 Å². The summed E-state index contributed by atoms with van der Waals surface area (Å²) in [6, 6.07) is 2.39. The van der Waals surface area contributed by atoms with Gasteiger partial charge in [0.15, 0.2) is 0 Å². The van der Waals surface area contributed by atoms with E-state index in [-0.39, 0.29) is 0 Å². The third-order valence-electron chi connectivity index (χ3n) is 3.03. The van der Waals surface area contributed by atoms with Gasteiger partial charge in [0.25, 0.3) is 0 Å². The van der Waals surface area contributed by atoms with Gasteiger partial charge in [-0.05, 0) is 25.8 Å². The molecule has 0 aliphatic heterocycles. The maximum atomic E-state index is 9.25. The van der Waals surface area contributed by atoms with Crippen LogP contribution in [0, 0.1) is 11.3 Å². The number of methoxy groups -OCH3 is 1. The molecule has 0 saturated carbocycles. The van der Waals surface area contributed by atoms with Crippen molar-refractivity contribution in [2.24, 2.45) is 0 Å². The summed E-state index contributed by atoms with van der Waals surface area (Å²) in [7, 11) is 1.65. The number of nitrogens with one attached hydrogen (secondary N) is 1. The van der Waals surface area contributed by atoms with E-state index in [2.05, 4.69) is 11.4 Å². The Morgan fingerprint density at radius 3 is 2.21 bits per heavy atom. The zero-order chi connectivity index (χ0) is 14.4. The van der Waals surface area contributed by atoms with Crippen LogP contribution in [0.1, 0.15) is 33.1 Å². The van der Waals surface area contributed by atoms with Gasteiger partial charge in [-0.1, -0.05) is 13.8 Å². The van der Waals surface area contributed by atoms with E-state index in [9.17, 15) is 5.26 Å². The number of rotatable bonds is 13. The molecule has 0 aromatic carbocycles. The smallest absolute Gasteiger partial charge is 0.106 e. The van der Waals surface area contributed by atoms with Gasteiger partial charge in [0.05, 0.1) is 32.5 Å². The first kappa shape index (κ1) is 18.3. The summed E-state index contributed by atoms with van der Waals surface area (Å²) in [5.41, 5.74) is -0.396. The summed E-state index contributed by atoms with van der Waals surface area (Å²) in [6.07, 6.45) is 2.52. The molecule has 0 amide bonds. The Balaban J connectivity index is 3.53. The fourth-order valence-corrected chi connectivity index (χ4v) is 1.84. The molecule has 5 heteroatoms. The van der Waals surface area contributed by atoms with Crippen LogP contribution in [-0.2, 0) is 14.2 Å². The zero-order valence-electron chi connectivity index (χ0n) is 12.5. The molecule has 0 bridgehead atoms. The molecule has 0 fully saturated rings. The number of nitrogens with zero attached hydrogens (tertiary/aromatic N) is 1. The Bertz CT molecular complexity index is 243. The Morgan fingerprint density at radius 1 is 1.05 bits per heavy atom. The number of hydrogen-bond donors (Lipinski definition) is 1. The molecule has 0 aromatic heterocycles. The van der Waals surface area contributed by atoms with Crippen molar-refractivity contribution in [2.75, 3.05) is 46.7 Å². The molecular formula is C14H28N2O3. The Labute approximate surface area is 117 Å². The van der Waals surface area contributed by atoms with E-state index in [1.807, 2.05) is 13.8 Å². The van der Waals surface area contributed by atoms with Crippen molar-refractivity contribution in [3.05, 3.63) is 0 Å². The van der Waals surface area contributed by atoms with E-state index in [0.717, 1.165) is 25.8 Å². The van der Waals surface area contributed by atoms with E-state index in [1.165, 1.54) is 0 Å². The minimum Gasteiger partial charge on any atom is -0.382 e. The fraction of sp³-hybridized carbons (Fsp3) is 0.929. The van der Waals surface area contributed by atoms with Gasteiger partial charge in [-0.25, -0.2) is 0 Å². The largest absolute Gasteiger partial charge is 0.382 e. The molecule has 1 atom stereocenters. The van der Waals surface area contributed by atoms with Crippen LogP contribution >= 0.6 is 0 Å². The van der Waals surface area contributed by atoms with Gasteiger partial charge in [0.1, 0.15) is 5.54 Å². The minimum atomic E-state index is -0.396. The molecule has 5 nitrogen and oxygen atoms in total. The lowest BCUT2D eigenvalue weighted by atomic mass is 9.92. The maximum Gasteiger partial charge on any atom is 0.106 e. The number of ether oxygens (including phenoxy) is 3. The highest BCUT2D eigenvalue weighted by molar-refractivity contribution is 5.05. The van der Waals surface area contributed by atoms with Gasteiger partial charge in [0, 0.05) is 13.7 Å². The molecule has 112 valence electrons. The second kappa shape index (κ2) is 12.4. The average Bonchev–Trinajstić information content (AvgIpc) is 2.44. The SMILES string of the molecule is CCNC(C#N)(CC)CCCOCCOCCOC. The molecule has 0 radical (unpaired) electrons. The van der Waals surface area contributed by atoms with E-state index in [0.29, 0.717) is 33.0 Å². The first-order valence-corrected chi connectivity index (χ1v) is 7.05. The topological polar surface area (TPSA) is 63.5 Å². The molecule has 0 aliphatic rings. The summed E-state index contributed by atoms with van der Waals surface area (Å²) < 4.78 is 15.6. The molecule has 0 aliphatic carbocycles. The molecule has 1 N–H and O–H groups in total. The van der Waals surface area contributed by atoms with Crippen LogP contribution < -0.4 is 5.32 Å². The third kappa shape index (κ3) is 8.95. The van der Waals surface area contributed by atoms with Gasteiger partial charge >= 0.3 is 0 Å². The first-order valence-electron chi connectivity index (χ1n) is 7.05. The molecule has 0 saturated heterocycles. The summed E-state index contributed by atoms with van der Waals surface area (Å²) in [5, 5.41) is 12.5. The van der Waals surface area contributed by atoms with Crippen molar-refractivity contribution in [1.82, 2.24) is 5.32 Å². The standard InChI is InChI=1S/C14H28N2O3/c1-4-14(13-15,16-5-2)7-6-8-18-11-12-19-10-9-17-3/h16H,4-12H2,1-3H3. The highest BCUT2D eigenvalue weighted by atomic mass is 16.5. The van der Waals surface area contributed by atoms with Gasteiger partial charge in [-0.2, -0.15) is 5.26 Å². The molecule has 1 unspecified atom stereocenters.